The predicted molar refractivity (Wildman–Crippen MR) is 131 cm³/mol. The number of fused-ring (bicyclic) bond motifs is 2. The van der Waals surface area contributed by atoms with E-state index in [0.29, 0.717) is 39.0 Å². The van der Waals surface area contributed by atoms with Gasteiger partial charge in [0.25, 0.3) is 5.56 Å². The second-order valence-electron chi connectivity index (χ2n) is 8.06. The molecule has 0 spiro atoms. The number of hydrogen-bond acceptors (Lipinski definition) is 8. The van der Waals surface area contributed by atoms with Crippen LogP contribution in [-0.4, -0.2) is 23.4 Å². The summed E-state index contributed by atoms with van der Waals surface area (Å²) in [6, 6.07) is 13.8. The van der Waals surface area contributed by atoms with E-state index in [-0.39, 0.29) is 18.7 Å². The molecule has 3 aromatic heterocycles. The van der Waals surface area contributed by atoms with Crippen molar-refractivity contribution >= 4 is 21.9 Å². The van der Waals surface area contributed by atoms with Gasteiger partial charge in [0.15, 0.2) is 0 Å². The van der Waals surface area contributed by atoms with Gasteiger partial charge in [-0.1, -0.05) is 0 Å². The van der Waals surface area contributed by atoms with Crippen LogP contribution in [0.5, 0.6) is 11.5 Å². The van der Waals surface area contributed by atoms with Crippen LogP contribution in [0.4, 0.5) is 0 Å². The van der Waals surface area contributed by atoms with E-state index in [2.05, 4.69) is 0 Å². The van der Waals surface area contributed by atoms with Crippen molar-refractivity contribution in [2.75, 3.05) is 14.2 Å². The SMILES string of the molecule is COc1ccc2c(Cn3ccc(=O)n(Cc4cc(=O)oc5cc(OC)ccc45)c3=O)cc(=O)oc2c1. The van der Waals surface area contributed by atoms with Crippen LogP contribution in [0.2, 0.25) is 0 Å². The van der Waals surface area contributed by atoms with Crippen LogP contribution < -0.4 is 32.0 Å². The van der Waals surface area contributed by atoms with E-state index in [9.17, 15) is 19.2 Å². The summed E-state index contributed by atoms with van der Waals surface area (Å²) in [6.45, 7) is -0.135. The number of hydrogen-bond donors (Lipinski definition) is 0. The van der Waals surface area contributed by atoms with Gasteiger partial charge >= 0.3 is 16.9 Å². The van der Waals surface area contributed by atoms with Crippen LogP contribution in [0.15, 0.2) is 88.8 Å². The van der Waals surface area contributed by atoms with Gasteiger partial charge in [0, 0.05) is 47.3 Å². The molecule has 0 atom stereocenters. The minimum atomic E-state index is -0.618. The van der Waals surface area contributed by atoms with E-state index < -0.39 is 22.5 Å². The highest BCUT2D eigenvalue weighted by atomic mass is 16.5. The summed E-state index contributed by atoms with van der Waals surface area (Å²) in [6.07, 6.45) is 1.37. The molecule has 0 saturated carbocycles. The monoisotopic (exact) mass is 488 g/mol. The molecular formula is C26H20N2O8. The van der Waals surface area contributed by atoms with Gasteiger partial charge < -0.3 is 18.3 Å². The standard InChI is InChI=1S/C26H20N2O8/c1-33-17-3-5-19-15(9-24(30)35-21(19)11-17)13-27-8-7-23(29)28(26(27)32)14-16-10-25(31)36-22-12-18(34-2)4-6-20(16)22/h3-12H,13-14H2,1-2H3. The van der Waals surface area contributed by atoms with E-state index in [4.69, 9.17) is 18.3 Å². The molecule has 5 rings (SSSR count). The maximum Gasteiger partial charge on any atom is 0.336 e. The molecule has 2 aromatic carbocycles. The number of ether oxygens (including phenoxy) is 2. The summed E-state index contributed by atoms with van der Waals surface area (Å²) >= 11 is 0. The van der Waals surface area contributed by atoms with Crippen LogP contribution in [-0.2, 0) is 13.1 Å². The fraction of sp³-hybridized carbons (Fsp3) is 0.154. The Bertz CT molecular complexity index is 1860. The van der Waals surface area contributed by atoms with Gasteiger partial charge in [-0.05, 0) is 35.4 Å². The molecule has 0 radical (unpaired) electrons. The van der Waals surface area contributed by atoms with Crippen LogP contribution >= 0.6 is 0 Å². The molecule has 3 heterocycles. The highest BCUT2D eigenvalue weighted by Crippen LogP contribution is 2.24. The minimum absolute atomic E-state index is 0.0163. The Labute approximate surface area is 202 Å². The Morgan fingerprint density at radius 3 is 1.75 bits per heavy atom. The molecule has 0 unspecified atom stereocenters. The Morgan fingerprint density at radius 1 is 0.694 bits per heavy atom. The molecule has 5 aromatic rings. The van der Waals surface area contributed by atoms with Gasteiger partial charge in [0.05, 0.1) is 27.3 Å². The first-order valence-corrected chi connectivity index (χ1v) is 10.9. The Kier molecular flexibility index (Phi) is 5.77. The van der Waals surface area contributed by atoms with Crippen molar-refractivity contribution in [3.05, 3.63) is 114 Å². The second kappa shape index (κ2) is 9.06. The molecule has 0 bridgehead atoms. The van der Waals surface area contributed by atoms with Crippen molar-refractivity contribution in [2.45, 2.75) is 13.1 Å². The number of methoxy groups -OCH3 is 2. The molecule has 0 aliphatic carbocycles. The van der Waals surface area contributed by atoms with E-state index in [1.165, 1.54) is 43.2 Å². The third kappa shape index (κ3) is 4.20. The van der Waals surface area contributed by atoms with Gasteiger partial charge in [-0.15, -0.1) is 0 Å². The van der Waals surface area contributed by atoms with E-state index in [0.717, 1.165) is 4.57 Å². The Balaban J connectivity index is 1.59. The summed E-state index contributed by atoms with van der Waals surface area (Å²) in [5.74, 6) is 1.02. The van der Waals surface area contributed by atoms with Crippen molar-refractivity contribution in [3.63, 3.8) is 0 Å². The Hall–Kier alpha value is -4.86. The zero-order valence-corrected chi connectivity index (χ0v) is 19.3. The van der Waals surface area contributed by atoms with E-state index >= 15 is 0 Å². The summed E-state index contributed by atoms with van der Waals surface area (Å²) in [5.41, 5.74) is -0.762. The van der Waals surface area contributed by atoms with E-state index in [1.54, 1.807) is 36.4 Å². The van der Waals surface area contributed by atoms with Gasteiger partial charge in [0.2, 0.25) is 0 Å². The van der Waals surface area contributed by atoms with Crippen LogP contribution in [0, 0.1) is 0 Å². The highest BCUT2D eigenvalue weighted by molar-refractivity contribution is 5.82. The maximum absolute atomic E-state index is 13.3. The molecule has 10 heteroatoms. The number of aromatic nitrogens is 2. The van der Waals surface area contributed by atoms with Crippen molar-refractivity contribution in [2.24, 2.45) is 0 Å². The van der Waals surface area contributed by atoms with Crippen molar-refractivity contribution in [1.82, 2.24) is 9.13 Å². The minimum Gasteiger partial charge on any atom is -0.497 e. The van der Waals surface area contributed by atoms with Gasteiger partial charge in [-0.25, -0.2) is 14.4 Å². The number of nitrogens with zero attached hydrogens (tertiary/aromatic N) is 2. The van der Waals surface area contributed by atoms with Crippen molar-refractivity contribution < 1.29 is 18.3 Å². The zero-order valence-electron chi connectivity index (χ0n) is 19.3. The van der Waals surface area contributed by atoms with Crippen LogP contribution in [0.25, 0.3) is 21.9 Å². The molecule has 0 fully saturated rings. The average Bonchev–Trinajstić information content (AvgIpc) is 2.87. The molecule has 36 heavy (non-hydrogen) atoms. The lowest BCUT2D eigenvalue weighted by Crippen LogP contribution is -2.39. The molecule has 0 amide bonds. The zero-order chi connectivity index (χ0) is 25.4. The molecule has 0 saturated heterocycles. The largest absolute Gasteiger partial charge is 0.497 e. The lowest BCUT2D eigenvalue weighted by Gasteiger charge is -2.12. The summed E-state index contributed by atoms with van der Waals surface area (Å²) in [5, 5.41) is 1.19. The summed E-state index contributed by atoms with van der Waals surface area (Å²) < 4.78 is 23.2. The first-order valence-electron chi connectivity index (χ1n) is 10.9. The topological polar surface area (TPSA) is 123 Å². The molecular weight excluding hydrogens is 468 g/mol. The van der Waals surface area contributed by atoms with Gasteiger partial charge in [-0.3, -0.25) is 13.9 Å². The van der Waals surface area contributed by atoms with Crippen LogP contribution in [0.1, 0.15) is 11.1 Å². The van der Waals surface area contributed by atoms with Crippen molar-refractivity contribution in [1.29, 1.82) is 0 Å². The maximum atomic E-state index is 13.3. The van der Waals surface area contributed by atoms with Crippen LogP contribution in [0.3, 0.4) is 0 Å². The third-order valence-corrected chi connectivity index (χ3v) is 5.88. The molecule has 0 N–H and O–H groups in total. The quantitative estimate of drug-likeness (QED) is 0.334. The summed E-state index contributed by atoms with van der Waals surface area (Å²) in [7, 11) is 2.99. The fourth-order valence-electron chi connectivity index (χ4n) is 4.11. The molecule has 0 aliphatic rings. The third-order valence-electron chi connectivity index (χ3n) is 5.88. The second-order valence-corrected chi connectivity index (χ2v) is 8.06. The average molecular weight is 488 g/mol. The molecule has 0 aliphatic heterocycles. The van der Waals surface area contributed by atoms with Gasteiger partial charge in [0.1, 0.15) is 22.7 Å². The Morgan fingerprint density at radius 2 is 1.22 bits per heavy atom. The lowest BCUT2D eigenvalue weighted by molar-refractivity contribution is 0.414. The highest BCUT2D eigenvalue weighted by Gasteiger charge is 2.14. The fourth-order valence-corrected chi connectivity index (χ4v) is 4.11. The summed E-state index contributed by atoms with van der Waals surface area (Å²) in [4.78, 5) is 50.3. The van der Waals surface area contributed by atoms with Crippen molar-refractivity contribution in [3.8, 4) is 11.5 Å². The lowest BCUT2D eigenvalue weighted by atomic mass is 10.1. The first-order chi connectivity index (χ1) is 17.4. The number of benzene rings is 2. The normalized spacial score (nSPS) is 11.2. The molecule has 10 nitrogen and oxygen atoms in total. The number of rotatable bonds is 6. The van der Waals surface area contributed by atoms with Gasteiger partial charge in [-0.2, -0.15) is 0 Å². The predicted octanol–water partition coefficient (Wildman–Crippen LogP) is 2.34. The first kappa shape index (κ1) is 22.9. The molecule has 182 valence electrons. The van der Waals surface area contributed by atoms with E-state index in [1.807, 2.05) is 0 Å². The smallest absolute Gasteiger partial charge is 0.336 e.